The van der Waals surface area contributed by atoms with Gasteiger partial charge in [0.05, 0.1) is 16.4 Å². The van der Waals surface area contributed by atoms with Crippen LogP contribution in [0, 0.1) is 12.7 Å². The fraction of sp³-hybridized carbons (Fsp3) is 0.125. The van der Waals surface area contributed by atoms with Crippen molar-refractivity contribution in [2.45, 2.75) is 6.92 Å². The topological polar surface area (TPSA) is 67.4 Å². The maximum absolute atomic E-state index is 13.6. The normalized spacial score (nSPS) is 12.9. The van der Waals surface area contributed by atoms with E-state index in [1.165, 1.54) is 24.3 Å². The lowest BCUT2D eigenvalue weighted by atomic mass is 10.1. The molecule has 0 unspecified atom stereocenters. The Bertz CT molecular complexity index is 823. The second kappa shape index (κ2) is 5.89. The van der Waals surface area contributed by atoms with Gasteiger partial charge in [0.25, 0.3) is 11.8 Å². The summed E-state index contributed by atoms with van der Waals surface area (Å²) in [6.07, 6.45) is 0. The highest BCUT2D eigenvalue weighted by Crippen LogP contribution is 2.36. The summed E-state index contributed by atoms with van der Waals surface area (Å²) in [5, 5.41) is 5.45. The molecule has 0 atom stereocenters. The van der Waals surface area contributed by atoms with Crippen LogP contribution < -0.4 is 15.4 Å². The number of anilines is 2. The van der Waals surface area contributed by atoms with Gasteiger partial charge in [-0.3, -0.25) is 9.59 Å². The van der Waals surface area contributed by atoms with Crippen LogP contribution in [-0.2, 0) is 4.79 Å². The predicted molar refractivity (Wildman–Crippen MR) is 84.7 cm³/mol. The highest BCUT2D eigenvalue weighted by molar-refractivity contribution is 6.34. The lowest BCUT2D eigenvalue weighted by Crippen LogP contribution is -2.25. The van der Waals surface area contributed by atoms with Crippen LogP contribution in [0.25, 0.3) is 0 Å². The third-order valence-electron chi connectivity index (χ3n) is 3.38. The molecular weight excluding hydrogens is 323 g/mol. The quantitative estimate of drug-likeness (QED) is 0.884. The molecule has 3 rings (SSSR count). The minimum Gasteiger partial charge on any atom is -0.482 e. The summed E-state index contributed by atoms with van der Waals surface area (Å²) in [4.78, 5) is 23.5. The average molecular weight is 335 g/mol. The average Bonchev–Trinajstić information content (AvgIpc) is 2.51. The van der Waals surface area contributed by atoms with E-state index in [1.807, 2.05) is 0 Å². The lowest BCUT2D eigenvalue weighted by Gasteiger charge is -2.19. The maximum atomic E-state index is 13.6. The molecular formula is C16H12ClFN2O3. The van der Waals surface area contributed by atoms with Crippen molar-refractivity contribution in [2.24, 2.45) is 0 Å². The van der Waals surface area contributed by atoms with Crippen molar-refractivity contribution in [3.63, 3.8) is 0 Å². The monoisotopic (exact) mass is 334 g/mol. The SMILES string of the molecule is Cc1ccc(C(=O)Nc2cc3c(cc2Cl)NC(=O)CO3)cc1F. The van der Waals surface area contributed by atoms with E-state index in [0.717, 1.165) is 6.07 Å². The van der Waals surface area contributed by atoms with Gasteiger partial charge in [0.2, 0.25) is 0 Å². The Kier molecular flexibility index (Phi) is 3.92. The number of rotatable bonds is 2. The molecule has 118 valence electrons. The Morgan fingerprint density at radius 2 is 2.13 bits per heavy atom. The molecule has 0 fully saturated rings. The summed E-state index contributed by atoms with van der Waals surface area (Å²) >= 11 is 6.10. The first-order valence-electron chi connectivity index (χ1n) is 6.78. The van der Waals surface area contributed by atoms with Gasteiger partial charge in [0.1, 0.15) is 11.6 Å². The number of ether oxygens (including phenoxy) is 1. The molecule has 7 heteroatoms. The van der Waals surface area contributed by atoms with Crippen molar-refractivity contribution in [3.8, 4) is 5.75 Å². The molecule has 0 radical (unpaired) electrons. The smallest absolute Gasteiger partial charge is 0.262 e. The fourth-order valence-electron chi connectivity index (χ4n) is 2.12. The Labute approximate surface area is 136 Å². The summed E-state index contributed by atoms with van der Waals surface area (Å²) in [6.45, 7) is 1.51. The van der Waals surface area contributed by atoms with Gasteiger partial charge in [-0.25, -0.2) is 4.39 Å². The number of amides is 2. The van der Waals surface area contributed by atoms with Gasteiger partial charge in [-0.1, -0.05) is 17.7 Å². The third kappa shape index (κ3) is 3.12. The summed E-state index contributed by atoms with van der Waals surface area (Å²) in [6, 6.07) is 7.21. The molecule has 0 saturated carbocycles. The van der Waals surface area contributed by atoms with Crippen LogP contribution in [0.15, 0.2) is 30.3 Å². The predicted octanol–water partition coefficient (Wildman–Crippen LogP) is 3.37. The van der Waals surface area contributed by atoms with E-state index in [4.69, 9.17) is 16.3 Å². The van der Waals surface area contributed by atoms with Crippen molar-refractivity contribution >= 4 is 34.8 Å². The van der Waals surface area contributed by atoms with Crippen molar-refractivity contribution < 1.29 is 18.7 Å². The van der Waals surface area contributed by atoms with Crippen LogP contribution in [0.1, 0.15) is 15.9 Å². The zero-order valence-corrected chi connectivity index (χ0v) is 12.8. The molecule has 2 amide bonds. The first-order valence-corrected chi connectivity index (χ1v) is 7.15. The summed E-state index contributed by atoms with van der Waals surface area (Å²) in [5.41, 5.74) is 1.38. The molecule has 0 spiro atoms. The van der Waals surface area contributed by atoms with Crippen LogP contribution in [0.4, 0.5) is 15.8 Å². The molecule has 2 N–H and O–H groups in total. The number of benzene rings is 2. The van der Waals surface area contributed by atoms with Crippen LogP contribution in [0.3, 0.4) is 0 Å². The molecule has 1 aliphatic rings. The molecule has 2 aromatic carbocycles. The lowest BCUT2D eigenvalue weighted by molar-refractivity contribution is -0.118. The number of fused-ring (bicyclic) bond motifs is 1. The number of nitrogens with one attached hydrogen (secondary N) is 2. The van der Waals surface area contributed by atoms with Crippen molar-refractivity contribution in [1.29, 1.82) is 0 Å². The van der Waals surface area contributed by atoms with E-state index in [0.29, 0.717) is 22.7 Å². The Hall–Kier alpha value is -2.60. The van der Waals surface area contributed by atoms with Crippen LogP contribution in [0.2, 0.25) is 5.02 Å². The van der Waals surface area contributed by atoms with Crippen molar-refractivity contribution in [1.82, 2.24) is 0 Å². The molecule has 5 nitrogen and oxygen atoms in total. The number of hydrogen-bond donors (Lipinski definition) is 2. The van der Waals surface area contributed by atoms with Gasteiger partial charge < -0.3 is 15.4 Å². The Morgan fingerprint density at radius 3 is 2.87 bits per heavy atom. The van der Waals surface area contributed by atoms with E-state index in [2.05, 4.69) is 10.6 Å². The molecule has 1 heterocycles. The highest BCUT2D eigenvalue weighted by Gasteiger charge is 2.19. The Balaban J connectivity index is 1.86. The first-order chi connectivity index (χ1) is 10.9. The molecule has 0 aromatic heterocycles. The van der Waals surface area contributed by atoms with Gasteiger partial charge >= 0.3 is 0 Å². The van der Waals surface area contributed by atoms with Gasteiger partial charge in [0.15, 0.2) is 6.61 Å². The van der Waals surface area contributed by atoms with E-state index in [9.17, 15) is 14.0 Å². The molecule has 2 aromatic rings. The van der Waals surface area contributed by atoms with E-state index in [-0.39, 0.29) is 23.1 Å². The molecule has 0 aliphatic carbocycles. The minimum absolute atomic E-state index is 0.106. The maximum Gasteiger partial charge on any atom is 0.262 e. The van der Waals surface area contributed by atoms with Gasteiger partial charge in [-0.05, 0) is 30.7 Å². The number of halogens is 2. The molecule has 0 bridgehead atoms. The van der Waals surface area contributed by atoms with E-state index in [1.54, 1.807) is 6.92 Å². The second-order valence-corrected chi connectivity index (χ2v) is 5.49. The first kappa shape index (κ1) is 15.3. The van der Waals surface area contributed by atoms with Crippen LogP contribution >= 0.6 is 11.6 Å². The zero-order valence-electron chi connectivity index (χ0n) is 12.1. The number of aryl methyl sites for hydroxylation is 1. The van der Waals surface area contributed by atoms with Crippen LogP contribution in [0.5, 0.6) is 5.75 Å². The summed E-state index contributed by atoms with van der Waals surface area (Å²) in [5.74, 6) is -0.828. The van der Waals surface area contributed by atoms with Gasteiger partial charge in [0, 0.05) is 11.6 Å². The molecule has 1 aliphatic heterocycles. The summed E-state index contributed by atoms with van der Waals surface area (Å²) < 4.78 is 18.8. The summed E-state index contributed by atoms with van der Waals surface area (Å²) in [7, 11) is 0. The standard InChI is InChI=1S/C16H12ClFN2O3/c1-8-2-3-9(4-11(8)18)16(22)20-12-6-14-13(5-10(12)17)19-15(21)7-23-14/h2-6H,7H2,1H3,(H,19,21)(H,20,22). The fourth-order valence-corrected chi connectivity index (χ4v) is 2.34. The number of carbonyl (C=O) groups is 2. The minimum atomic E-state index is -0.495. The van der Waals surface area contributed by atoms with Gasteiger partial charge in [-0.2, -0.15) is 0 Å². The van der Waals surface area contributed by atoms with E-state index >= 15 is 0 Å². The van der Waals surface area contributed by atoms with Crippen molar-refractivity contribution in [2.75, 3.05) is 17.2 Å². The Morgan fingerprint density at radius 1 is 1.35 bits per heavy atom. The van der Waals surface area contributed by atoms with Crippen molar-refractivity contribution in [3.05, 3.63) is 52.3 Å². The van der Waals surface area contributed by atoms with E-state index < -0.39 is 11.7 Å². The zero-order chi connectivity index (χ0) is 16.6. The van der Waals surface area contributed by atoms with Gasteiger partial charge in [-0.15, -0.1) is 0 Å². The number of hydrogen-bond acceptors (Lipinski definition) is 3. The number of carbonyl (C=O) groups excluding carboxylic acids is 2. The largest absolute Gasteiger partial charge is 0.482 e. The molecule has 23 heavy (non-hydrogen) atoms. The third-order valence-corrected chi connectivity index (χ3v) is 3.70. The molecule has 0 saturated heterocycles. The van der Waals surface area contributed by atoms with Crippen LogP contribution in [-0.4, -0.2) is 18.4 Å². The highest BCUT2D eigenvalue weighted by atomic mass is 35.5. The second-order valence-electron chi connectivity index (χ2n) is 5.08.